The lowest BCUT2D eigenvalue weighted by molar-refractivity contribution is -0.137. The van der Waals surface area contributed by atoms with Gasteiger partial charge in [0.25, 0.3) is 10.0 Å². The number of methoxy groups -OCH3 is 1. The number of halogens is 3. The molecule has 2 amide bonds. The molecule has 1 fully saturated rings. The van der Waals surface area contributed by atoms with E-state index in [9.17, 15) is 31.2 Å². The fourth-order valence-electron chi connectivity index (χ4n) is 3.03. The van der Waals surface area contributed by atoms with E-state index in [2.05, 4.69) is 4.72 Å². The molecule has 160 valence electrons. The summed E-state index contributed by atoms with van der Waals surface area (Å²) in [5, 5.41) is 0. The third kappa shape index (κ3) is 4.40. The van der Waals surface area contributed by atoms with Gasteiger partial charge in [-0.1, -0.05) is 6.07 Å². The number of nitrogens with one attached hydrogen (secondary N) is 1. The maximum atomic E-state index is 12.9. The van der Waals surface area contributed by atoms with E-state index in [1.807, 2.05) is 0 Å². The van der Waals surface area contributed by atoms with E-state index in [-0.39, 0.29) is 30.0 Å². The number of hydrogen-bond acceptors (Lipinski definition) is 5. The third-order valence-corrected chi connectivity index (χ3v) is 5.82. The van der Waals surface area contributed by atoms with Gasteiger partial charge in [0.15, 0.2) is 0 Å². The van der Waals surface area contributed by atoms with Crippen LogP contribution in [0.25, 0.3) is 0 Å². The Morgan fingerprint density at radius 1 is 1.03 bits per heavy atom. The minimum Gasteiger partial charge on any atom is -0.495 e. The first kappa shape index (κ1) is 21.6. The van der Waals surface area contributed by atoms with Gasteiger partial charge >= 0.3 is 6.18 Å². The van der Waals surface area contributed by atoms with Gasteiger partial charge in [-0.2, -0.15) is 13.2 Å². The molecule has 0 aromatic heterocycles. The number of hydrogen-bond donors (Lipinski definition) is 1. The lowest BCUT2D eigenvalue weighted by Gasteiger charge is -2.25. The van der Waals surface area contributed by atoms with E-state index in [1.165, 1.54) is 25.3 Å². The van der Waals surface area contributed by atoms with Crippen LogP contribution in [0.2, 0.25) is 0 Å². The van der Waals surface area contributed by atoms with E-state index < -0.39 is 38.5 Å². The molecule has 1 saturated heterocycles. The van der Waals surface area contributed by atoms with E-state index in [0.29, 0.717) is 12.5 Å². The highest BCUT2D eigenvalue weighted by atomic mass is 32.2. The molecule has 0 spiro atoms. The number of nitrogens with zero attached hydrogens (tertiary/aromatic N) is 1. The van der Waals surface area contributed by atoms with Crippen molar-refractivity contribution in [1.82, 2.24) is 0 Å². The Kier molecular flexibility index (Phi) is 5.75. The van der Waals surface area contributed by atoms with Crippen LogP contribution in [0, 0.1) is 0 Å². The average Bonchev–Trinajstić information content (AvgIpc) is 2.67. The van der Waals surface area contributed by atoms with Gasteiger partial charge in [-0.05, 0) is 42.8 Å². The number of benzene rings is 2. The zero-order valence-corrected chi connectivity index (χ0v) is 16.5. The summed E-state index contributed by atoms with van der Waals surface area (Å²) in [4.78, 5) is 24.8. The van der Waals surface area contributed by atoms with E-state index >= 15 is 0 Å². The van der Waals surface area contributed by atoms with Gasteiger partial charge in [0.2, 0.25) is 11.8 Å². The van der Waals surface area contributed by atoms with Gasteiger partial charge in [0, 0.05) is 18.5 Å². The van der Waals surface area contributed by atoms with Gasteiger partial charge in [-0.25, -0.2) is 8.42 Å². The monoisotopic (exact) mass is 442 g/mol. The Hall–Kier alpha value is -3.08. The smallest absolute Gasteiger partial charge is 0.416 e. The minimum absolute atomic E-state index is 0.0370. The van der Waals surface area contributed by atoms with Gasteiger partial charge < -0.3 is 4.74 Å². The van der Waals surface area contributed by atoms with Crippen molar-refractivity contribution in [2.75, 3.05) is 16.7 Å². The molecule has 2 aromatic carbocycles. The molecule has 0 radical (unpaired) electrons. The first-order valence-corrected chi connectivity index (χ1v) is 10.2. The summed E-state index contributed by atoms with van der Waals surface area (Å²) in [7, 11) is -3.19. The van der Waals surface area contributed by atoms with Gasteiger partial charge in [-0.3, -0.25) is 19.2 Å². The van der Waals surface area contributed by atoms with Crippen molar-refractivity contribution in [2.24, 2.45) is 0 Å². The van der Waals surface area contributed by atoms with Crippen molar-refractivity contribution < 1.29 is 35.9 Å². The molecule has 0 saturated carbocycles. The molecule has 2 aromatic rings. The Morgan fingerprint density at radius 3 is 2.30 bits per heavy atom. The number of piperidine rings is 1. The number of rotatable bonds is 5. The Balaban J connectivity index is 2.01. The fourth-order valence-corrected chi connectivity index (χ4v) is 4.26. The molecular formula is C19H17F3N2O5S. The second-order valence-corrected chi connectivity index (χ2v) is 8.15. The highest BCUT2D eigenvalue weighted by Crippen LogP contribution is 2.34. The molecule has 1 heterocycles. The molecule has 3 rings (SSSR count). The summed E-state index contributed by atoms with van der Waals surface area (Å²) >= 11 is 0. The molecule has 0 unspecified atom stereocenters. The predicted octanol–water partition coefficient (Wildman–Crippen LogP) is 3.56. The maximum Gasteiger partial charge on any atom is 0.416 e. The molecule has 30 heavy (non-hydrogen) atoms. The molecule has 1 aliphatic rings. The Morgan fingerprint density at radius 2 is 1.70 bits per heavy atom. The first-order chi connectivity index (χ1) is 14.0. The standard InChI is InChI=1S/C19H17F3N2O5S/c1-29-15-9-8-14(24-17(25)6-3-7-18(24)26)11-16(15)30(27,28)23-13-5-2-4-12(10-13)19(20,21)22/h2,4-5,8-11,23H,3,6-7H2,1H3. The second kappa shape index (κ2) is 7.98. The quantitative estimate of drug-likeness (QED) is 0.715. The average molecular weight is 442 g/mol. The van der Waals surface area contributed by atoms with Crippen LogP contribution < -0.4 is 14.4 Å². The largest absolute Gasteiger partial charge is 0.495 e. The van der Waals surface area contributed by atoms with Gasteiger partial charge in [-0.15, -0.1) is 0 Å². The van der Waals surface area contributed by atoms with Crippen molar-refractivity contribution in [1.29, 1.82) is 0 Å². The number of sulfonamides is 1. The normalized spacial score (nSPS) is 15.3. The first-order valence-electron chi connectivity index (χ1n) is 8.77. The number of carbonyl (C=O) groups excluding carboxylic acids is 2. The zero-order chi connectivity index (χ0) is 22.1. The molecule has 1 aliphatic heterocycles. The predicted molar refractivity (Wildman–Crippen MR) is 102 cm³/mol. The summed E-state index contributed by atoms with van der Waals surface area (Å²) in [6.07, 6.45) is -3.95. The molecule has 0 atom stereocenters. The van der Waals surface area contributed by atoms with Crippen LogP contribution in [0.1, 0.15) is 24.8 Å². The highest BCUT2D eigenvalue weighted by Gasteiger charge is 2.32. The van der Waals surface area contributed by atoms with Crippen LogP contribution in [-0.2, 0) is 25.8 Å². The third-order valence-electron chi connectivity index (χ3n) is 4.42. The number of amides is 2. The fraction of sp³-hybridized carbons (Fsp3) is 0.263. The Labute approximate surface area is 170 Å². The number of anilines is 2. The number of carbonyl (C=O) groups is 2. The Bertz CT molecular complexity index is 1080. The van der Waals surface area contributed by atoms with Crippen LogP contribution in [-0.4, -0.2) is 27.3 Å². The van der Waals surface area contributed by atoms with Crippen LogP contribution in [0.4, 0.5) is 24.5 Å². The maximum absolute atomic E-state index is 12.9. The number of imide groups is 1. The second-order valence-electron chi connectivity index (χ2n) is 6.50. The van der Waals surface area contributed by atoms with Crippen molar-refractivity contribution in [3.63, 3.8) is 0 Å². The topological polar surface area (TPSA) is 92.8 Å². The molecular weight excluding hydrogens is 425 g/mol. The number of ether oxygens (including phenoxy) is 1. The summed E-state index contributed by atoms with van der Waals surface area (Å²) in [5.41, 5.74) is -1.29. The van der Waals surface area contributed by atoms with Crippen molar-refractivity contribution in [3.05, 3.63) is 48.0 Å². The lowest BCUT2D eigenvalue weighted by Crippen LogP contribution is -2.40. The van der Waals surface area contributed by atoms with Gasteiger partial charge in [0.05, 0.1) is 18.4 Å². The molecule has 7 nitrogen and oxygen atoms in total. The van der Waals surface area contributed by atoms with Crippen LogP contribution >= 0.6 is 0 Å². The van der Waals surface area contributed by atoms with Crippen LogP contribution in [0.15, 0.2) is 47.4 Å². The van der Waals surface area contributed by atoms with Crippen LogP contribution in [0.3, 0.4) is 0 Å². The van der Waals surface area contributed by atoms with Crippen molar-refractivity contribution in [2.45, 2.75) is 30.3 Å². The summed E-state index contributed by atoms with van der Waals surface area (Å²) in [6, 6.07) is 7.42. The molecule has 11 heteroatoms. The minimum atomic E-state index is -4.64. The van der Waals surface area contributed by atoms with Crippen molar-refractivity contribution >= 4 is 33.2 Å². The summed E-state index contributed by atoms with van der Waals surface area (Å²) in [6.45, 7) is 0. The van der Waals surface area contributed by atoms with Crippen molar-refractivity contribution in [3.8, 4) is 5.75 Å². The lowest BCUT2D eigenvalue weighted by atomic mass is 10.1. The summed E-state index contributed by atoms with van der Waals surface area (Å²) < 4.78 is 71.6. The molecule has 1 N–H and O–H groups in total. The molecule has 0 bridgehead atoms. The molecule has 0 aliphatic carbocycles. The number of alkyl halides is 3. The van der Waals surface area contributed by atoms with Crippen LogP contribution in [0.5, 0.6) is 5.75 Å². The van der Waals surface area contributed by atoms with E-state index in [1.54, 1.807) is 0 Å². The SMILES string of the molecule is COc1ccc(N2C(=O)CCCC2=O)cc1S(=O)(=O)Nc1cccc(C(F)(F)F)c1. The van der Waals surface area contributed by atoms with E-state index in [0.717, 1.165) is 23.1 Å². The van der Waals surface area contributed by atoms with Gasteiger partial charge in [0.1, 0.15) is 10.6 Å². The van der Waals surface area contributed by atoms with E-state index in [4.69, 9.17) is 4.74 Å². The summed E-state index contributed by atoms with van der Waals surface area (Å²) in [5.74, 6) is -1.04. The zero-order valence-electron chi connectivity index (χ0n) is 15.7. The highest BCUT2D eigenvalue weighted by molar-refractivity contribution is 7.92.